The van der Waals surface area contributed by atoms with Crippen LogP contribution in [0.5, 0.6) is 5.75 Å². The zero-order valence-corrected chi connectivity index (χ0v) is 18.6. The van der Waals surface area contributed by atoms with Gasteiger partial charge in [0.2, 0.25) is 5.91 Å². The maximum absolute atomic E-state index is 13.1. The van der Waals surface area contributed by atoms with Crippen LogP contribution in [0.3, 0.4) is 0 Å². The van der Waals surface area contributed by atoms with E-state index in [1.807, 2.05) is 55.5 Å². The lowest BCUT2D eigenvalue weighted by Crippen LogP contribution is -2.49. The van der Waals surface area contributed by atoms with Gasteiger partial charge in [0.25, 0.3) is 0 Å². The van der Waals surface area contributed by atoms with Crippen molar-refractivity contribution >= 4 is 17.6 Å². The van der Waals surface area contributed by atoms with Gasteiger partial charge in [0.15, 0.2) is 0 Å². The van der Waals surface area contributed by atoms with Crippen LogP contribution in [0, 0.1) is 5.41 Å². The zero-order chi connectivity index (χ0) is 22.3. The summed E-state index contributed by atoms with van der Waals surface area (Å²) in [5.41, 5.74) is 2.44. The summed E-state index contributed by atoms with van der Waals surface area (Å²) < 4.78 is 10.9. The molecule has 6 nitrogen and oxygen atoms in total. The van der Waals surface area contributed by atoms with E-state index in [4.69, 9.17) is 9.47 Å². The minimum Gasteiger partial charge on any atom is -0.497 e. The molecule has 2 aromatic rings. The Labute approximate surface area is 184 Å². The molecule has 0 bridgehead atoms. The average molecular weight is 425 g/mol. The third-order valence-corrected chi connectivity index (χ3v) is 5.72. The van der Waals surface area contributed by atoms with Crippen LogP contribution >= 0.6 is 0 Å². The molecule has 31 heavy (non-hydrogen) atoms. The maximum atomic E-state index is 13.1. The van der Waals surface area contributed by atoms with Gasteiger partial charge in [-0.25, -0.2) is 0 Å². The van der Waals surface area contributed by atoms with Crippen LogP contribution in [0.4, 0.5) is 5.69 Å². The molecular formula is C25H32N2O4. The van der Waals surface area contributed by atoms with Gasteiger partial charge in [-0.2, -0.15) is 0 Å². The van der Waals surface area contributed by atoms with Crippen molar-refractivity contribution in [3.63, 3.8) is 0 Å². The Balaban J connectivity index is 1.76. The molecule has 1 aliphatic rings. The third kappa shape index (κ3) is 6.07. The number of carbonyl (C=O) groups is 2. The summed E-state index contributed by atoms with van der Waals surface area (Å²) >= 11 is 0. The normalized spacial score (nSPS) is 18.9. The molecule has 0 aliphatic carbocycles. The predicted octanol–water partition coefficient (Wildman–Crippen LogP) is 4.04. The highest BCUT2D eigenvalue weighted by Gasteiger charge is 2.43. The summed E-state index contributed by atoms with van der Waals surface area (Å²) in [7, 11) is 1.65. The first-order valence-electron chi connectivity index (χ1n) is 10.8. The van der Waals surface area contributed by atoms with Gasteiger partial charge in [-0.1, -0.05) is 24.3 Å². The highest BCUT2D eigenvalue weighted by molar-refractivity contribution is 5.88. The lowest BCUT2D eigenvalue weighted by atomic mass is 9.75. The van der Waals surface area contributed by atoms with Gasteiger partial charge in [0.1, 0.15) is 5.75 Å². The summed E-state index contributed by atoms with van der Waals surface area (Å²) in [6.45, 7) is 6.07. The average Bonchev–Trinajstić information content (AvgIpc) is 2.75. The first kappa shape index (κ1) is 22.8. The maximum Gasteiger partial charge on any atom is 0.313 e. The number of anilines is 1. The molecule has 0 aromatic heterocycles. The predicted molar refractivity (Wildman–Crippen MR) is 121 cm³/mol. The Morgan fingerprint density at radius 2 is 1.90 bits per heavy atom. The van der Waals surface area contributed by atoms with E-state index in [0.29, 0.717) is 19.6 Å². The van der Waals surface area contributed by atoms with Crippen molar-refractivity contribution < 1.29 is 19.1 Å². The molecule has 3 rings (SSSR count). The topological polar surface area (TPSA) is 67.9 Å². The van der Waals surface area contributed by atoms with E-state index in [1.165, 1.54) is 6.92 Å². The van der Waals surface area contributed by atoms with Crippen molar-refractivity contribution in [1.29, 1.82) is 0 Å². The lowest BCUT2D eigenvalue weighted by Gasteiger charge is -2.41. The number of benzene rings is 2. The van der Waals surface area contributed by atoms with Crippen molar-refractivity contribution in [2.75, 3.05) is 32.1 Å². The summed E-state index contributed by atoms with van der Waals surface area (Å²) in [6, 6.07) is 15.8. The summed E-state index contributed by atoms with van der Waals surface area (Å²) in [5, 5.41) is 2.79. The monoisotopic (exact) mass is 424 g/mol. The molecule has 0 spiro atoms. The Morgan fingerprint density at radius 3 is 2.58 bits per heavy atom. The molecule has 1 amide bonds. The van der Waals surface area contributed by atoms with E-state index < -0.39 is 5.41 Å². The van der Waals surface area contributed by atoms with Gasteiger partial charge >= 0.3 is 5.97 Å². The van der Waals surface area contributed by atoms with Gasteiger partial charge < -0.3 is 14.8 Å². The van der Waals surface area contributed by atoms with Gasteiger partial charge in [-0.3, -0.25) is 14.5 Å². The van der Waals surface area contributed by atoms with E-state index in [1.54, 1.807) is 7.11 Å². The highest BCUT2D eigenvalue weighted by atomic mass is 16.5. The van der Waals surface area contributed by atoms with Crippen LogP contribution < -0.4 is 10.1 Å². The smallest absolute Gasteiger partial charge is 0.313 e. The SMILES string of the molecule is CCOC(=O)[C@]1(Cc2cccc(OC)c2)CCCN(Cc2ccc(NC(C)=O)cc2)C1. The van der Waals surface area contributed by atoms with E-state index in [0.717, 1.165) is 48.5 Å². The minimum absolute atomic E-state index is 0.0828. The van der Waals surface area contributed by atoms with Crippen molar-refractivity contribution in [3.8, 4) is 5.75 Å². The largest absolute Gasteiger partial charge is 0.497 e. The Hall–Kier alpha value is -2.86. The van der Waals surface area contributed by atoms with Crippen LogP contribution in [0.2, 0.25) is 0 Å². The lowest BCUT2D eigenvalue weighted by molar-refractivity contribution is -0.159. The number of nitrogens with zero attached hydrogens (tertiary/aromatic N) is 1. The number of piperidine rings is 1. The van der Waals surface area contributed by atoms with E-state index in [2.05, 4.69) is 10.2 Å². The molecular weight excluding hydrogens is 392 g/mol. The van der Waals surface area contributed by atoms with Crippen LogP contribution in [-0.2, 0) is 27.3 Å². The van der Waals surface area contributed by atoms with E-state index in [9.17, 15) is 9.59 Å². The second-order valence-electron chi connectivity index (χ2n) is 8.22. The van der Waals surface area contributed by atoms with Gasteiger partial charge in [0, 0.05) is 25.7 Å². The number of hydrogen-bond acceptors (Lipinski definition) is 5. The fourth-order valence-corrected chi connectivity index (χ4v) is 4.36. The number of carbonyl (C=O) groups excluding carboxylic acids is 2. The molecule has 0 saturated carbocycles. The van der Waals surface area contributed by atoms with Crippen LogP contribution in [0.25, 0.3) is 0 Å². The number of ether oxygens (including phenoxy) is 2. The van der Waals surface area contributed by atoms with Crippen molar-refractivity contribution in [1.82, 2.24) is 4.90 Å². The minimum atomic E-state index is -0.573. The number of amides is 1. The highest BCUT2D eigenvalue weighted by Crippen LogP contribution is 2.36. The molecule has 166 valence electrons. The number of hydrogen-bond donors (Lipinski definition) is 1. The first-order chi connectivity index (χ1) is 14.9. The molecule has 1 atom stereocenters. The fraction of sp³-hybridized carbons (Fsp3) is 0.440. The zero-order valence-electron chi connectivity index (χ0n) is 18.6. The number of methoxy groups -OCH3 is 1. The van der Waals surface area contributed by atoms with Gasteiger partial charge in [-0.05, 0) is 68.1 Å². The molecule has 0 radical (unpaired) electrons. The Bertz CT molecular complexity index is 897. The van der Waals surface area contributed by atoms with Crippen molar-refractivity contribution in [2.24, 2.45) is 5.41 Å². The Morgan fingerprint density at radius 1 is 1.13 bits per heavy atom. The summed E-state index contributed by atoms with van der Waals surface area (Å²) in [6.07, 6.45) is 2.37. The molecule has 0 unspecified atom stereocenters. The summed E-state index contributed by atoms with van der Waals surface area (Å²) in [4.78, 5) is 26.7. The quantitative estimate of drug-likeness (QED) is 0.648. The second-order valence-corrected chi connectivity index (χ2v) is 8.22. The number of likely N-dealkylation sites (tertiary alicyclic amines) is 1. The van der Waals surface area contributed by atoms with E-state index in [-0.39, 0.29) is 11.9 Å². The molecule has 1 N–H and O–H groups in total. The third-order valence-electron chi connectivity index (χ3n) is 5.72. The summed E-state index contributed by atoms with van der Waals surface area (Å²) in [5.74, 6) is 0.590. The Kier molecular flexibility index (Phi) is 7.69. The molecule has 2 aromatic carbocycles. The van der Waals surface area contributed by atoms with Gasteiger partial charge in [-0.15, -0.1) is 0 Å². The molecule has 6 heteroatoms. The molecule has 1 heterocycles. The fourth-order valence-electron chi connectivity index (χ4n) is 4.36. The molecule has 1 aliphatic heterocycles. The van der Waals surface area contributed by atoms with Crippen LogP contribution in [-0.4, -0.2) is 43.6 Å². The number of nitrogens with one attached hydrogen (secondary N) is 1. The number of esters is 1. The molecule has 1 saturated heterocycles. The van der Waals surface area contributed by atoms with Gasteiger partial charge in [0.05, 0.1) is 19.1 Å². The van der Waals surface area contributed by atoms with Crippen LogP contribution in [0.1, 0.15) is 37.8 Å². The standard InChI is InChI=1S/C25H32N2O4/c1-4-31-24(29)25(16-21-7-5-8-23(15-21)30-3)13-6-14-27(18-25)17-20-9-11-22(12-10-20)26-19(2)28/h5,7-12,15H,4,6,13-14,16-18H2,1-3H3,(H,26,28)/t25-/m0/s1. The second kappa shape index (κ2) is 10.4. The van der Waals surface area contributed by atoms with Crippen molar-refractivity contribution in [3.05, 3.63) is 59.7 Å². The first-order valence-corrected chi connectivity index (χ1v) is 10.8. The van der Waals surface area contributed by atoms with Crippen molar-refractivity contribution in [2.45, 2.75) is 39.7 Å². The molecule has 1 fully saturated rings. The number of rotatable bonds is 8. The van der Waals surface area contributed by atoms with Crippen LogP contribution in [0.15, 0.2) is 48.5 Å². The van der Waals surface area contributed by atoms with E-state index >= 15 is 0 Å².